The molecule has 0 rings (SSSR count). The van der Waals surface area contributed by atoms with Crippen LogP contribution in [0.4, 0.5) is 0 Å². The van der Waals surface area contributed by atoms with Crippen molar-refractivity contribution >= 4 is 0 Å². The first-order chi connectivity index (χ1) is 5.55. The van der Waals surface area contributed by atoms with Crippen LogP contribution in [0.2, 0.25) is 0 Å². The topological polar surface area (TPSA) is 26.0 Å². The molecule has 2 N–H and O–H groups in total. The summed E-state index contributed by atoms with van der Waals surface area (Å²) in [7, 11) is 0. The number of hydrogen-bond donors (Lipinski definition) is 1. The molecule has 0 spiro atoms. The first kappa shape index (κ1) is 12.0. The first-order valence-electron chi connectivity index (χ1n) is 5.25. The smallest absolute Gasteiger partial charge is 0.00722 e. The minimum atomic E-state index is 0.450. The zero-order valence-electron chi connectivity index (χ0n) is 9.19. The summed E-state index contributed by atoms with van der Waals surface area (Å²) >= 11 is 0. The van der Waals surface area contributed by atoms with E-state index in [2.05, 4.69) is 27.7 Å². The predicted octanol–water partition coefficient (Wildman–Crippen LogP) is 3.19. The van der Waals surface area contributed by atoms with E-state index in [0.29, 0.717) is 5.41 Å². The third-order valence-corrected chi connectivity index (χ3v) is 2.82. The molecule has 0 heterocycles. The van der Waals surface area contributed by atoms with Gasteiger partial charge in [-0.2, -0.15) is 0 Å². The van der Waals surface area contributed by atoms with E-state index < -0.39 is 0 Å². The van der Waals surface area contributed by atoms with Gasteiger partial charge in [-0.25, -0.2) is 0 Å². The highest BCUT2D eigenvalue weighted by atomic mass is 14.5. The molecule has 0 aromatic rings. The fraction of sp³-hybridized carbons (Fsp3) is 1.00. The lowest BCUT2D eigenvalue weighted by atomic mass is 9.78. The van der Waals surface area contributed by atoms with Crippen LogP contribution < -0.4 is 5.73 Å². The van der Waals surface area contributed by atoms with E-state index in [1.54, 1.807) is 0 Å². The van der Waals surface area contributed by atoms with Gasteiger partial charge < -0.3 is 5.73 Å². The van der Waals surface area contributed by atoms with E-state index >= 15 is 0 Å². The van der Waals surface area contributed by atoms with E-state index in [9.17, 15) is 0 Å². The van der Waals surface area contributed by atoms with Gasteiger partial charge in [-0.3, -0.25) is 0 Å². The van der Waals surface area contributed by atoms with Crippen LogP contribution in [0.1, 0.15) is 53.4 Å². The molecule has 1 heteroatoms. The van der Waals surface area contributed by atoms with Crippen LogP contribution in [0.3, 0.4) is 0 Å². The van der Waals surface area contributed by atoms with Crippen LogP contribution in [-0.4, -0.2) is 6.54 Å². The monoisotopic (exact) mass is 171 g/mol. The fourth-order valence-corrected chi connectivity index (χ4v) is 1.85. The summed E-state index contributed by atoms with van der Waals surface area (Å²) in [6.07, 6.45) is 5.11. The number of hydrogen-bond acceptors (Lipinski definition) is 1. The van der Waals surface area contributed by atoms with E-state index in [1.165, 1.54) is 19.3 Å². The molecule has 0 aromatic carbocycles. The lowest BCUT2D eigenvalue weighted by molar-refractivity contribution is 0.242. The van der Waals surface area contributed by atoms with Crippen LogP contribution in [0, 0.1) is 11.3 Å². The lowest BCUT2D eigenvalue weighted by Crippen LogP contribution is -2.20. The van der Waals surface area contributed by atoms with Crippen LogP contribution in [0.5, 0.6) is 0 Å². The van der Waals surface area contributed by atoms with E-state index in [1.807, 2.05) is 0 Å². The normalized spacial score (nSPS) is 12.5. The summed E-state index contributed by atoms with van der Waals surface area (Å²) in [5.74, 6) is 0.895. The molecule has 0 aliphatic heterocycles. The Morgan fingerprint density at radius 2 is 1.67 bits per heavy atom. The van der Waals surface area contributed by atoms with Crippen molar-refractivity contribution in [2.24, 2.45) is 17.1 Å². The largest absolute Gasteiger partial charge is 0.330 e. The fourth-order valence-electron chi connectivity index (χ4n) is 1.85. The van der Waals surface area contributed by atoms with Crippen molar-refractivity contribution in [3.8, 4) is 0 Å². The maximum absolute atomic E-state index is 5.57. The second-order valence-corrected chi connectivity index (χ2v) is 4.59. The molecule has 0 saturated carbocycles. The molecule has 0 aromatic heterocycles. The molecule has 0 unspecified atom stereocenters. The van der Waals surface area contributed by atoms with Gasteiger partial charge in [-0.1, -0.05) is 40.5 Å². The van der Waals surface area contributed by atoms with Crippen LogP contribution in [-0.2, 0) is 0 Å². The zero-order chi connectivity index (χ0) is 9.61. The third-order valence-electron chi connectivity index (χ3n) is 2.82. The highest BCUT2D eigenvalue weighted by Crippen LogP contribution is 2.31. The molecule has 0 aliphatic rings. The summed E-state index contributed by atoms with van der Waals surface area (Å²) in [4.78, 5) is 0. The van der Waals surface area contributed by atoms with Gasteiger partial charge in [0, 0.05) is 0 Å². The van der Waals surface area contributed by atoms with Gasteiger partial charge in [-0.05, 0) is 30.7 Å². The Hall–Kier alpha value is -0.0400. The highest BCUT2D eigenvalue weighted by molar-refractivity contribution is 4.72. The average molecular weight is 171 g/mol. The van der Waals surface area contributed by atoms with Gasteiger partial charge in [0.05, 0.1) is 0 Å². The Morgan fingerprint density at radius 1 is 1.17 bits per heavy atom. The average Bonchev–Trinajstić information content (AvgIpc) is 2.00. The van der Waals surface area contributed by atoms with Crippen molar-refractivity contribution in [3.63, 3.8) is 0 Å². The molecular weight excluding hydrogens is 146 g/mol. The Morgan fingerprint density at radius 3 is 2.00 bits per heavy atom. The van der Waals surface area contributed by atoms with Gasteiger partial charge in [0.1, 0.15) is 0 Å². The van der Waals surface area contributed by atoms with Gasteiger partial charge >= 0.3 is 0 Å². The van der Waals surface area contributed by atoms with Gasteiger partial charge in [0.2, 0.25) is 0 Å². The molecule has 0 aliphatic carbocycles. The lowest BCUT2D eigenvalue weighted by Gasteiger charge is -2.28. The molecule has 12 heavy (non-hydrogen) atoms. The van der Waals surface area contributed by atoms with Gasteiger partial charge in [0.15, 0.2) is 0 Å². The molecule has 0 atom stereocenters. The quantitative estimate of drug-likeness (QED) is 0.652. The molecule has 0 radical (unpaired) electrons. The van der Waals surface area contributed by atoms with Crippen LogP contribution in [0.25, 0.3) is 0 Å². The van der Waals surface area contributed by atoms with Gasteiger partial charge in [-0.15, -0.1) is 0 Å². The minimum Gasteiger partial charge on any atom is -0.330 e. The Balaban J connectivity index is 3.84. The van der Waals surface area contributed by atoms with Crippen LogP contribution in [0.15, 0.2) is 0 Å². The van der Waals surface area contributed by atoms with Crippen molar-refractivity contribution < 1.29 is 0 Å². The zero-order valence-corrected chi connectivity index (χ0v) is 9.19. The Kier molecular flexibility index (Phi) is 5.56. The molecule has 0 fully saturated rings. The molecular formula is C11H25N. The minimum absolute atomic E-state index is 0.450. The van der Waals surface area contributed by atoms with E-state index in [-0.39, 0.29) is 0 Å². The van der Waals surface area contributed by atoms with Crippen molar-refractivity contribution in [1.82, 2.24) is 0 Å². The molecule has 0 amide bonds. The standard InChI is InChI=1S/C11H25N/c1-5-10(6-2)9-11(3,4)7-8-12/h10H,5-9,12H2,1-4H3. The Bertz CT molecular complexity index is 104. The third kappa shape index (κ3) is 4.76. The van der Waals surface area contributed by atoms with Gasteiger partial charge in [0.25, 0.3) is 0 Å². The maximum Gasteiger partial charge on any atom is -0.00722 e. The van der Waals surface area contributed by atoms with E-state index in [4.69, 9.17) is 5.73 Å². The van der Waals surface area contributed by atoms with Crippen LogP contribution >= 0.6 is 0 Å². The van der Waals surface area contributed by atoms with Crippen molar-refractivity contribution in [2.75, 3.05) is 6.54 Å². The maximum atomic E-state index is 5.57. The number of nitrogens with two attached hydrogens (primary N) is 1. The van der Waals surface area contributed by atoms with E-state index in [0.717, 1.165) is 18.9 Å². The van der Waals surface area contributed by atoms with Crippen molar-refractivity contribution in [1.29, 1.82) is 0 Å². The summed E-state index contributed by atoms with van der Waals surface area (Å²) in [5, 5.41) is 0. The second kappa shape index (κ2) is 5.58. The predicted molar refractivity (Wildman–Crippen MR) is 56.1 cm³/mol. The van der Waals surface area contributed by atoms with Crippen molar-refractivity contribution in [2.45, 2.75) is 53.4 Å². The molecule has 74 valence electrons. The Labute approximate surface area is 77.7 Å². The van der Waals surface area contributed by atoms with Crippen molar-refractivity contribution in [3.05, 3.63) is 0 Å². The molecule has 1 nitrogen and oxygen atoms in total. The summed E-state index contributed by atoms with van der Waals surface area (Å²) in [6, 6.07) is 0. The highest BCUT2D eigenvalue weighted by Gasteiger charge is 2.20. The number of rotatable bonds is 6. The SMILES string of the molecule is CCC(CC)CC(C)(C)CCN. The first-order valence-corrected chi connectivity index (χ1v) is 5.25. The summed E-state index contributed by atoms with van der Waals surface area (Å²) in [5.41, 5.74) is 6.02. The second-order valence-electron chi connectivity index (χ2n) is 4.59. The molecule has 0 bridgehead atoms. The summed E-state index contributed by atoms with van der Waals surface area (Å²) < 4.78 is 0. The summed E-state index contributed by atoms with van der Waals surface area (Å²) in [6.45, 7) is 10.1. The molecule has 0 saturated heterocycles.